The number of carboxylic acids is 1. The predicted molar refractivity (Wildman–Crippen MR) is 100 cm³/mol. The zero-order valence-corrected chi connectivity index (χ0v) is 14.2. The van der Waals surface area contributed by atoms with Crippen LogP contribution in [0.25, 0.3) is 10.8 Å². The summed E-state index contributed by atoms with van der Waals surface area (Å²) in [4.78, 5) is 11.1. The average molecular weight is 335 g/mol. The van der Waals surface area contributed by atoms with Crippen LogP contribution in [0.5, 0.6) is 5.75 Å². The number of anilines is 1. The van der Waals surface area contributed by atoms with Gasteiger partial charge in [0.15, 0.2) is 0 Å². The van der Waals surface area contributed by atoms with Crippen molar-refractivity contribution in [2.24, 2.45) is 0 Å². The highest BCUT2D eigenvalue weighted by atomic mass is 16.5. The predicted octanol–water partition coefficient (Wildman–Crippen LogP) is 4.94. The largest absolute Gasteiger partial charge is 0.493 e. The van der Waals surface area contributed by atoms with Crippen molar-refractivity contribution in [3.05, 3.63) is 71.8 Å². The Balaban J connectivity index is 1.91. The van der Waals surface area contributed by atoms with Crippen molar-refractivity contribution in [2.45, 2.75) is 19.9 Å². The first-order valence-corrected chi connectivity index (χ1v) is 8.39. The molecule has 0 saturated carbocycles. The molecule has 0 fully saturated rings. The molecule has 0 heterocycles. The lowest BCUT2D eigenvalue weighted by molar-refractivity contribution is 0.0697. The standard InChI is InChI=1S/C21H21NO3/c1-2-12-25-20-11-10-15-6-3-4-9-18(15)19(20)14-22-17-8-5-7-16(13-17)21(23)24/h3-11,13,22H,2,12,14H2,1H3,(H,23,24). The molecule has 0 radical (unpaired) electrons. The van der Waals surface area contributed by atoms with Gasteiger partial charge in [0.05, 0.1) is 12.2 Å². The van der Waals surface area contributed by atoms with Gasteiger partial charge in [0.25, 0.3) is 0 Å². The highest BCUT2D eigenvalue weighted by Gasteiger charge is 2.10. The van der Waals surface area contributed by atoms with Gasteiger partial charge in [0.1, 0.15) is 5.75 Å². The van der Waals surface area contributed by atoms with Crippen molar-refractivity contribution in [3.8, 4) is 5.75 Å². The summed E-state index contributed by atoms with van der Waals surface area (Å²) < 4.78 is 5.91. The van der Waals surface area contributed by atoms with E-state index in [1.54, 1.807) is 18.2 Å². The summed E-state index contributed by atoms with van der Waals surface area (Å²) in [6, 6.07) is 19.1. The molecule has 4 heteroatoms. The SMILES string of the molecule is CCCOc1ccc2ccccc2c1CNc1cccc(C(=O)O)c1. The first-order valence-electron chi connectivity index (χ1n) is 8.39. The zero-order chi connectivity index (χ0) is 17.6. The van der Waals surface area contributed by atoms with Gasteiger partial charge in [-0.3, -0.25) is 0 Å². The third-order valence-electron chi connectivity index (χ3n) is 4.04. The highest BCUT2D eigenvalue weighted by molar-refractivity contribution is 5.89. The van der Waals surface area contributed by atoms with E-state index in [4.69, 9.17) is 9.84 Å². The minimum atomic E-state index is -0.930. The third kappa shape index (κ3) is 3.91. The minimum Gasteiger partial charge on any atom is -0.493 e. The van der Waals surface area contributed by atoms with Crippen LogP contribution >= 0.6 is 0 Å². The first kappa shape index (κ1) is 16.8. The van der Waals surface area contributed by atoms with E-state index >= 15 is 0 Å². The van der Waals surface area contributed by atoms with Gasteiger partial charge in [-0.2, -0.15) is 0 Å². The molecule has 0 unspecified atom stereocenters. The molecule has 0 aliphatic heterocycles. The lowest BCUT2D eigenvalue weighted by atomic mass is 10.0. The van der Waals surface area contributed by atoms with Gasteiger partial charge in [-0.15, -0.1) is 0 Å². The summed E-state index contributed by atoms with van der Waals surface area (Å²) in [5.41, 5.74) is 2.12. The fourth-order valence-electron chi connectivity index (χ4n) is 2.80. The monoisotopic (exact) mass is 335 g/mol. The minimum absolute atomic E-state index is 0.269. The van der Waals surface area contributed by atoms with Gasteiger partial charge >= 0.3 is 5.97 Å². The van der Waals surface area contributed by atoms with Gasteiger partial charge < -0.3 is 15.2 Å². The Morgan fingerprint density at radius 3 is 2.72 bits per heavy atom. The van der Waals surface area contributed by atoms with Crippen molar-refractivity contribution in [3.63, 3.8) is 0 Å². The molecule has 2 N–H and O–H groups in total. The van der Waals surface area contributed by atoms with Crippen LogP contribution < -0.4 is 10.1 Å². The summed E-state index contributed by atoms with van der Waals surface area (Å²) in [5, 5.41) is 14.7. The Labute approximate surface area is 147 Å². The molecule has 3 rings (SSSR count). The summed E-state index contributed by atoms with van der Waals surface area (Å²) in [5.74, 6) is -0.0665. The third-order valence-corrected chi connectivity index (χ3v) is 4.04. The maximum atomic E-state index is 11.1. The van der Waals surface area contributed by atoms with Gasteiger partial charge in [-0.25, -0.2) is 4.79 Å². The van der Waals surface area contributed by atoms with Gasteiger partial charge in [-0.1, -0.05) is 43.3 Å². The lowest BCUT2D eigenvalue weighted by Gasteiger charge is -2.15. The molecule has 128 valence electrons. The average Bonchev–Trinajstić information content (AvgIpc) is 2.65. The molecule has 0 amide bonds. The zero-order valence-electron chi connectivity index (χ0n) is 14.2. The number of fused-ring (bicyclic) bond motifs is 1. The Morgan fingerprint density at radius 2 is 1.92 bits per heavy atom. The van der Waals surface area contributed by atoms with Crippen molar-refractivity contribution >= 4 is 22.4 Å². The number of rotatable bonds is 7. The van der Waals surface area contributed by atoms with Crippen LogP contribution in [-0.4, -0.2) is 17.7 Å². The number of hydrogen-bond donors (Lipinski definition) is 2. The molecule has 3 aromatic rings. The molecule has 0 spiro atoms. The second-order valence-electron chi connectivity index (χ2n) is 5.85. The van der Waals surface area contributed by atoms with E-state index in [1.165, 1.54) is 0 Å². The number of ether oxygens (including phenoxy) is 1. The smallest absolute Gasteiger partial charge is 0.335 e. The number of carbonyl (C=O) groups is 1. The molecule has 0 aliphatic rings. The second kappa shape index (κ2) is 7.71. The number of benzene rings is 3. The Hall–Kier alpha value is -3.01. The molecular weight excluding hydrogens is 314 g/mol. The maximum Gasteiger partial charge on any atom is 0.335 e. The van der Waals surface area contributed by atoms with Crippen molar-refractivity contribution in [1.82, 2.24) is 0 Å². The van der Waals surface area contributed by atoms with E-state index in [0.29, 0.717) is 13.2 Å². The molecular formula is C21H21NO3. The van der Waals surface area contributed by atoms with E-state index in [9.17, 15) is 4.79 Å². The second-order valence-corrected chi connectivity index (χ2v) is 5.85. The van der Waals surface area contributed by atoms with Crippen LogP contribution in [0.2, 0.25) is 0 Å². The molecule has 0 bridgehead atoms. The highest BCUT2D eigenvalue weighted by Crippen LogP contribution is 2.29. The van der Waals surface area contributed by atoms with Crippen molar-refractivity contribution < 1.29 is 14.6 Å². The Morgan fingerprint density at radius 1 is 1.08 bits per heavy atom. The lowest BCUT2D eigenvalue weighted by Crippen LogP contribution is -2.06. The summed E-state index contributed by atoms with van der Waals surface area (Å²) >= 11 is 0. The fourth-order valence-corrected chi connectivity index (χ4v) is 2.80. The Bertz CT molecular complexity index is 889. The van der Waals surface area contributed by atoms with Crippen molar-refractivity contribution in [1.29, 1.82) is 0 Å². The van der Waals surface area contributed by atoms with Gasteiger partial charge in [0.2, 0.25) is 0 Å². The Kier molecular flexibility index (Phi) is 5.19. The molecule has 0 saturated heterocycles. The van der Waals surface area contributed by atoms with E-state index in [2.05, 4.69) is 30.4 Å². The summed E-state index contributed by atoms with van der Waals surface area (Å²) in [7, 11) is 0. The van der Waals surface area contributed by atoms with Crippen LogP contribution in [0.3, 0.4) is 0 Å². The molecule has 3 aromatic carbocycles. The van der Waals surface area contributed by atoms with Crippen LogP contribution in [-0.2, 0) is 6.54 Å². The number of carboxylic acid groups (broad SMARTS) is 1. The first-order chi connectivity index (χ1) is 12.2. The molecule has 25 heavy (non-hydrogen) atoms. The van der Waals surface area contributed by atoms with Gasteiger partial charge in [0, 0.05) is 17.8 Å². The van der Waals surface area contributed by atoms with Crippen molar-refractivity contribution in [2.75, 3.05) is 11.9 Å². The molecule has 0 aromatic heterocycles. The van der Waals surface area contributed by atoms with E-state index in [0.717, 1.165) is 34.2 Å². The maximum absolute atomic E-state index is 11.1. The number of nitrogens with one attached hydrogen (secondary N) is 1. The molecule has 0 aliphatic carbocycles. The van der Waals surface area contributed by atoms with E-state index in [1.807, 2.05) is 24.3 Å². The fraction of sp³-hybridized carbons (Fsp3) is 0.190. The molecule has 0 atom stereocenters. The number of hydrogen-bond acceptors (Lipinski definition) is 3. The number of aromatic carboxylic acids is 1. The molecule has 4 nitrogen and oxygen atoms in total. The quantitative estimate of drug-likeness (QED) is 0.642. The van der Waals surface area contributed by atoms with Crippen LogP contribution in [0.15, 0.2) is 60.7 Å². The normalized spacial score (nSPS) is 10.6. The van der Waals surface area contributed by atoms with E-state index in [-0.39, 0.29) is 5.56 Å². The summed E-state index contributed by atoms with van der Waals surface area (Å²) in [6.45, 7) is 3.31. The van der Waals surface area contributed by atoms with E-state index < -0.39 is 5.97 Å². The van der Waals surface area contributed by atoms with Gasteiger partial charge in [-0.05, 0) is 41.5 Å². The van der Waals surface area contributed by atoms with Crippen LogP contribution in [0, 0.1) is 0 Å². The van der Waals surface area contributed by atoms with Crippen LogP contribution in [0.4, 0.5) is 5.69 Å². The van der Waals surface area contributed by atoms with Crippen LogP contribution in [0.1, 0.15) is 29.3 Å². The summed E-state index contributed by atoms with van der Waals surface area (Å²) in [6.07, 6.45) is 0.945. The topological polar surface area (TPSA) is 58.6 Å².